The third-order valence-electron chi connectivity index (χ3n) is 4.77. The molecule has 4 atom stereocenters. The van der Waals surface area contributed by atoms with E-state index in [9.17, 15) is 20.1 Å². The molecule has 30 heavy (non-hydrogen) atoms. The van der Waals surface area contributed by atoms with E-state index in [-0.39, 0.29) is 30.4 Å². The minimum Gasteiger partial charge on any atom is -0.389 e. The molecule has 2 heterocycles. The monoisotopic (exact) mass is 456 g/mol. The summed E-state index contributed by atoms with van der Waals surface area (Å²) in [6.45, 7) is 0.503. The molecule has 0 unspecified atom stereocenters. The summed E-state index contributed by atoms with van der Waals surface area (Å²) in [6.07, 6.45) is -2.64. The second kappa shape index (κ2) is 9.73. The van der Waals surface area contributed by atoms with Gasteiger partial charge >= 0.3 is 0 Å². The molecule has 0 radical (unpaired) electrons. The van der Waals surface area contributed by atoms with E-state index in [1.165, 1.54) is 0 Å². The molecule has 1 saturated heterocycles. The van der Waals surface area contributed by atoms with Gasteiger partial charge in [-0.05, 0) is 17.7 Å². The van der Waals surface area contributed by atoms with Crippen molar-refractivity contribution in [2.24, 2.45) is 0 Å². The minimum absolute atomic E-state index is 0.0553. The first-order chi connectivity index (χ1) is 14.3. The van der Waals surface area contributed by atoms with Gasteiger partial charge in [-0.1, -0.05) is 29.3 Å². The van der Waals surface area contributed by atoms with Crippen LogP contribution in [0.4, 0.5) is 11.6 Å². The molecule has 8 N–H and O–H groups in total. The maximum absolute atomic E-state index is 12.5. The number of nitrogens with zero attached hydrogens (tertiary/aromatic N) is 1. The second-order valence-corrected chi connectivity index (χ2v) is 7.68. The maximum Gasteiger partial charge on any atom is 0.276 e. The van der Waals surface area contributed by atoms with E-state index in [1.54, 1.807) is 18.2 Å². The number of β-amino-alcohol motifs (C(OH)–C–C–N with tert-alkyl or cyclic N) is 1. The number of hydrogen-bond acceptors (Lipinski definition) is 9. The van der Waals surface area contributed by atoms with Crippen molar-refractivity contribution in [2.45, 2.75) is 30.9 Å². The van der Waals surface area contributed by atoms with Gasteiger partial charge in [0.2, 0.25) is 5.95 Å². The van der Waals surface area contributed by atoms with Gasteiger partial charge in [-0.2, -0.15) is 0 Å². The van der Waals surface area contributed by atoms with Gasteiger partial charge in [0.25, 0.3) is 5.56 Å². The number of benzene rings is 1. The number of halogens is 2. The van der Waals surface area contributed by atoms with Gasteiger partial charge in [-0.3, -0.25) is 9.78 Å². The number of piperidine rings is 1. The molecule has 1 aliphatic rings. The van der Waals surface area contributed by atoms with E-state index in [2.05, 4.69) is 25.9 Å². The summed E-state index contributed by atoms with van der Waals surface area (Å²) < 4.78 is 0. The lowest BCUT2D eigenvalue weighted by molar-refractivity contribution is -0.0918. The fourth-order valence-electron chi connectivity index (χ4n) is 3.07. The quantitative estimate of drug-likeness (QED) is 0.272. The first-order valence-electron chi connectivity index (χ1n) is 9.14. The second-order valence-electron chi connectivity index (χ2n) is 6.87. The van der Waals surface area contributed by atoms with Gasteiger partial charge in [0.1, 0.15) is 17.5 Å². The third-order valence-corrected chi connectivity index (χ3v) is 5.51. The molecular weight excluding hydrogens is 435 g/mol. The molecule has 0 bridgehead atoms. The Balaban J connectivity index is 1.68. The Kier molecular flexibility index (Phi) is 7.29. The first kappa shape index (κ1) is 22.5. The standard InChI is InChI=1S/C18H22Cl2N6O4/c19-9-2-1-8(3-10(9)20)5-24-18-25-11(4-21)14(17(30)26-18)23-6-12-15(28)16(29)13(27)7-22-12/h1-4,12-13,15-16,21-23,27-29H,5-7H2,(H2,24,25,26,30)/t12-,13+,15-,16-/m1/s1. The Bertz CT molecular complexity index is 972. The molecule has 1 aromatic carbocycles. The van der Waals surface area contributed by atoms with Crippen molar-refractivity contribution in [3.63, 3.8) is 0 Å². The lowest BCUT2D eigenvalue weighted by Gasteiger charge is -2.36. The zero-order chi connectivity index (χ0) is 21.8. The van der Waals surface area contributed by atoms with E-state index < -0.39 is 29.9 Å². The van der Waals surface area contributed by atoms with Crippen LogP contribution >= 0.6 is 23.2 Å². The van der Waals surface area contributed by atoms with Gasteiger partial charge in [0.05, 0.1) is 28.3 Å². The summed E-state index contributed by atoms with van der Waals surface area (Å²) in [4.78, 5) is 19.3. The number of rotatable bonds is 7. The predicted octanol–water partition coefficient (Wildman–Crippen LogP) is 0.153. The Morgan fingerprint density at radius 1 is 1.20 bits per heavy atom. The van der Waals surface area contributed by atoms with Crippen LogP contribution in [0.15, 0.2) is 23.0 Å². The molecule has 0 saturated carbocycles. The number of nitrogens with one attached hydrogen (secondary N) is 5. The molecule has 162 valence electrons. The predicted molar refractivity (Wildman–Crippen MR) is 115 cm³/mol. The van der Waals surface area contributed by atoms with Crippen molar-refractivity contribution in [1.82, 2.24) is 15.3 Å². The Hall–Kier alpha value is -2.21. The highest BCUT2D eigenvalue weighted by molar-refractivity contribution is 6.42. The zero-order valence-corrected chi connectivity index (χ0v) is 17.2. The highest BCUT2D eigenvalue weighted by Gasteiger charge is 2.36. The van der Waals surface area contributed by atoms with E-state index in [4.69, 9.17) is 28.6 Å². The highest BCUT2D eigenvalue weighted by atomic mass is 35.5. The SMILES string of the molecule is N=Cc1nc(NCc2ccc(Cl)c(Cl)c2)[nH]c(=O)c1NC[C@H]1NC[C@H](O)[C@@H](O)[C@@H]1O. The topological polar surface area (TPSA) is 166 Å². The maximum atomic E-state index is 12.5. The molecule has 1 fully saturated rings. The van der Waals surface area contributed by atoms with Gasteiger partial charge in [0, 0.05) is 25.8 Å². The number of hydrogen-bond donors (Lipinski definition) is 8. The molecule has 0 aliphatic carbocycles. The Morgan fingerprint density at radius 2 is 1.97 bits per heavy atom. The Labute approximate surface area is 181 Å². The number of aromatic amines is 1. The molecule has 10 nitrogen and oxygen atoms in total. The summed E-state index contributed by atoms with van der Waals surface area (Å²) >= 11 is 11.9. The molecule has 3 rings (SSSR count). The van der Waals surface area contributed by atoms with Crippen LogP contribution in [0, 0.1) is 5.41 Å². The fraction of sp³-hybridized carbons (Fsp3) is 0.389. The number of aromatic nitrogens is 2. The largest absolute Gasteiger partial charge is 0.389 e. The van der Waals surface area contributed by atoms with Crippen molar-refractivity contribution >= 4 is 41.1 Å². The average Bonchev–Trinajstić information content (AvgIpc) is 2.73. The van der Waals surface area contributed by atoms with Crippen LogP contribution in [0.3, 0.4) is 0 Å². The van der Waals surface area contributed by atoms with Crippen molar-refractivity contribution in [3.8, 4) is 0 Å². The van der Waals surface area contributed by atoms with Crippen molar-refractivity contribution < 1.29 is 15.3 Å². The van der Waals surface area contributed by atoms with Gasteiger partial charge in [-0.15, -0.1) is 0 Å². The lowest BCUT2D eigenvalue weighted by Crippen LogP contribution is -2.61. The van der Waals surface area contributed by atoms with Crippen molar-refractivity contribution in [3.05, 3.63) is 49.9 Å². The average molecular weight is 457 g/mol. The Morgan fingerprint density at radius 3 is 2.67 bits per heavy atom. The summed E-state index contributed by atoms with van der Waals surface area (Å²) in [5.74, 6) is 0.171. The van der Waals surface area contributed by atoms with E-state index in [0.29, 0.717) is 16.6 Å². The molecule has 0 spiro atoms. The van der Waals surface area contributed by atoms with Crippen molar-refractivity contribution in [2.75, 3.05) is 23.7 Å². The van der Waals surface area contributed by atoms with E-state index in [0.717, 1.165) is 11.8 Å². The number of aliphatic hydroxyl groups excluding tert-OH is 3. The third kappa shape index (κ3) is 5.09. The summed E-state index contributed by atoms with van der Waals surface area (Å²) in [5.41, 5.74) is 0.468. The normalized spacial score (nSPS) is 23.8. The molecule has 0 amide bonds. The number of H-pyrrole nitrogens is 1. The van der Waals surface area contributed by atoms with Crippen LogP contribution in [0.2, 0.25) is 10.0 Å². The molecular formula is C18H22Cl2N6O4. The summed E-state index contributed by atoms with van der Waals surface area (Å²) in [5, 5.41) is 46.5. The van der Waals surface area contributed by atoms with Crippen LogP contribution in [0.5, 0.6) is 0 Å². The highest BCUT2D eigenvalue weighted by Crippen LogP contribution is 2.23. The molecule has 1 aromatic heterocycles. The number of anilines is 2. The molecule has 2 aromatic rings. The first-order valence-corrected chi connectivity index (χ1v) is 9.89. The summed E-state index contributed by atoms with van der Waals surface area (Å²) in [7, 11) is 0. The van der Waals surface area contributed by atoms with Crippen LogP contribution in [-0.4, -0.2) is 68.9 Å². The lowest BCUT2D eigenvalue weighted by atomic mass is 9.96. The molecule has 1 aliphatic heterocycles. The van der Waals surface area contributed by atoms with Gasteiger partial charge in [-0.25, -0.2) is 4.98 Å². The molecule has 12 heteroatoms. The fourth-order valence-corrected chi connectivity index (χ4v) is 3.39. The van der Waals surface area contributed by atoms with Crippen LogP contribution in [0.1, 0.15) is 11.3 Å². The number of aliphatic hydroxyl groups is 3. The minimum atomic E-state index is -1.29. The van der Waals surface area contributed by atoms with Gasteiger partial charge < -0.3 is 36.7 Å². The van der Waals surface area contributed by atoms with E-state index >= 15 is 0 Å². The zero-order valence-electron chi connectivity index (χ0n) is 15.7. The van der Waals surface area contributed by atoms with Crippen molar-refractivity contribution in [1.29, 1.82) is 5.41 Å². The summed E-state index contributed by atoms with van der Waals surface area (Å²) in [6, 6.07) is 4.53. The van der Waals surface area contributed by atoms with E-state index in [1.807, 2.05) is 0 Å². The smallest absolute Gasteiger partial charge is 0.276 e. The van der Waals surface area contributed by atoms with Gasteiger partial charge in [0.15, 0.2) is 0 Å². The van der Waals surface area contributed by atoms with Crippen LogP contribution < -0.4 is 21.5 Å². The van der Waals surface area contributed by atoms with Crippen LogP contribution in [-0.2, 0) is 6.54 Å². The van der Waals surface area contributed by atoms with Crippen LogP contribution in [0.25, 0.3) is 0 Å².